The van der Waals surface area contributed by atoms with E-state index >= 15 is 0 Å². The van der Waals surface area contributed by atoms with Crippen LogP contribution in [-0.2, 0) is 13.0 Å². The number of hydrogen-bond donors (Lipinski definition) is 1. The van der Waals surface area contributed by atoms with Crippen molar-refractivity contribution in [2.75, 3.05) is 6.54 Å². The molecule has 108 valence electrons. The SMILES string of the molecule is CC(C)n1ccc(COc2c(Br)cccc2CCN)n1. The van der Waals surface area contributed by atoms with E-state index in [1.165, 1.54) is 0 Å². The summed E-state index contributed by atoms with van der Waals surface area (Å²) in [6.07, 6.45) is 2.78. The van der Waals surface area contributed by atoms with Crippen LogP contribution in [0.15, 0.2) is 34.9 Å². The van der Waals surface area contributed by atoms with Crippen LogP contribution in [0.4, 0.5) is 0 Å². The molecule has 0 spiro atoms. The van der Waals surface area contributed by atoms with Crippen molar-refractivity contribution in [3.05, 3.63) is 46.2 Å². The van der Waals surface area contributed by atoms with Gasteiger partial charge in [0.15, 0.2) is 0 Å². The van der Waals surface area contributed by atoms with Crippen molar-refractivity contribution in [1.82, 2.24) is 9.78 Å². The number of nitrogens with two attached hydrogens (primary N) is 1. The van der Waals surface area contributed by atoms with E-state index in [9.17, 15) is 0 Å². The van der Waals surface area contributed by atoms with Crippen LogP contribution in [0.3, 0.4) is 0 Å². The molecule has 0 radical (unpaired) electrons. The van der Waals surface area contributed by atoms with E-state index in [0.29, 0.717) is 19.2 Å². The highest BCUT2D eigenvalue weighted by Crippen LogP contribution is 2.30. The molecule has 0 aliphatic carbocycles. The van der Waals surface area contributed by atoms with E-state index in [0.717, 1.165) is 27.9 Å². The van der Waals surface area contributed by atoms with Gasteiger partial charge in [-0.3, -0.25) is 4.68 Å². The third kappa shape index (κ3) is 3.61. The van der Waals surface area contributed by atoms with Crippen LogP contribution in [0.1, 0.15) is 31.1 Å². The van der Waals surface area contributed by atoms with Gasteiger partial charge >= 0.3 is 0 Å². The summed E-state index contributed by atoms with van der Waals surface area (Å²) in [6.45, 7) is 5.27. The highest BCUT2D eigenvalue weighted by molar-refractivity contribution is 9.10. The van der Waals surface area contributed by atoms with Gasteiger partial charge in [-0.15, -0.1) is 0 Å². The molecule has 0 aliphatic rings. The molecule has 2 N–H and O–H groups in total. The quantitative estimate of drug-likeness (QED) is 0.879. The van der Waals surface area contributed by atoms with Gasteiger partial charge in [-0.25, -0.2) is 0 Å². The van der Waals surface area contributed by atoms with Gasteiger partial charge in [0.1, 0.15) is 12.4 Å². The van der Waals surface area contributed by atoms with E-state index in [4.69, 9.17) is 10.5 Å². The van der Waals surface area contributed by atoms with Crippen molar-refractivity contribution in [3.8, 4) is 5.75 Å². The minimum absolute atomic E-state index is 0.361. The van der Waals surface area contributed by atoms with Gasteiger partial charge in [-0.05, 0) is 60.4 Å². The van der Waals surface area contributed by atoms with Crippen LogP contribution in [0, 0.1) is 0 Å². The van der Waals surface area contributed by atoms with Crippen LogP contribution >= 0.6 is 15.9 Å². The summed E-state index contributed by atoms with van der Waals surface area (Å²) in [6, 6.07) is 8.36. The van der Waals surface area contributed by atoms with Crippen LogP contribution in [0.5, 0.6) is 5.75 Å². The smallest absolute Gasteiger partial charge is 0.137 e. The fourth-order valence-corrected chi connectivity index (χ4v) is 2.48. The molecule has 0 bridgehead atoms. The van der Waals surface area contributed by atoms with E-state index in [-0.39, 0.29) is 0 Å². The zero-order valence-corrected chi connectivity index (χ0v) is 13.4. The molecule has 0 saturated carbocycles. The average molecular weight is 338 g/mol. The normalized spacial score (nSPS) is 11.1. The molecule has 5 heteroatoms. The van der Waals surface area contributed by atoms with E-state index < -0.39 is 0 Å². The Morgan fingerprint density at radius 2 is 2.15 bits per heavy atom. The Morgan fingerprint density at radius 3 is 2.80 bits per heavy atom. The van der Waals surface area contributed by atoms with E-state index in [2.05, 4.69) is 34.9 Å². The summed E-state index contributed by atoms with van der Waals surface area (Å²) < 4.78 is 8.80. The number of halogens is 1. The zero-order chi connectivity index (χ0) is 14.5. The summed E-state index contributed by atoms with van der Waals surface area (Å²) in [5.41, 5.74) is 7.68. The van der Waals surface area contributed by atoms with Crippen LogP contribution in [0.2, 0.25) is 0 Å². The summed E-state index contributed by atoms with van der Waals surface area (Å²) in [5.74, 6) is 0.858. The maximum atomic E-state index is 5.92. The lowest BCUT2D eigenvalue weighted by molar-refractivity contribution is 0.293. The second-order valence-corrected chi connectivity index (χ2v) is 5.79. The molecular formula is C15H20BrN3O. The van der Waals surface area contributed by atoms with Crippen molar-refractivity contribution in [2.45, 2.75) is 32.9 Å². The van der Waals surface area contributed by atoms with E-state index in [1.54, 1.807) is 0 Å². The van der Waals surface area contributed by atoms with E-state index in [1.807, 2.05) is 35.1 Å². The summed E-state index contributed by atoms with van der Waals surface area (Å²) in [5, 5.41) is 4.48. The van der Waals surface area contributed by atoms with Crippen molar-refractivity contribution in [1.29, 1.82) is 0 Å². The van der Waals surface area contributed by atoms with Gasteiger partial charge in [-0.2, -0.15) is 5.10 Å². The minimum atomic E-state index is 0.361. The topological polar surface area (TPSA) is 53.1 Å². The number of rotatable bonds is 6. The lowest BCUT2D eigenvalue weighted by Gasteiger charge is -2.12. The van der Waals surface area contributed by atoms with Crippen molar-refractivity contribution >= 4 is 15.9 Å². The molecule has 0 amide bonds. The lowest BCUT2D eigenvalue weighted by atomic mass is 10.1. The Hall–Kier alpha value is -1.33. The lowest BCUT2D eigenvalue weighted by Crippen LogP contribution is -2.07. The number of hydrogen-bond acceptors (Lipinski definition) is 3. The summed E-state index contributed by atoms with van der Waals surface area (Å²) in [4.78, 5) is 0. The molecule has 20 heavy (non-hydrogen) atoms. The van der Waals surface area contributed by atoms with Gasteiger partial charge in [0.25, 0.3) is 0 Å². The highest BCUT2D eigenvalue weighted by Gasteiger charge is 2.09. The number of aromatic nitrogens is 2. The molecule has 0 unspecified atom stereocenters. The van der Waals surface area contributed by atoms with Crippen LogP contribution in [0.25, 0.3) is 0 Å². The number of nitrogens with zero attached hydrogens (tertiary/aromatic N) is 2. The molecule has 1 heterocycles. The molecule has 0 aliphatic heterocycles. The fraction of sp³-hybridized carbons (Fsp3) is 0.400. The van der Waals surface area contributed by atoms with Crippen LogP contribution in [-0.4, -0.2) is 16.3 Å². The largest absolute Gasteiger partial charge is 0.486 e. The molecular weight excluding hydrogens is 318 g/mol. The molecule has 0 atom stereocenters. The second-order valence-electron chi connectivity index (χ2n) is 4.94. The predicted molar refractivity (Wildman–Crippen MR) is 83.8 cm³/mol. The first-order valence-corrected chi connectivity index (χ1v) is 7.55. The fourth-order valence-electron chi connectivity index (χ4n) is 1.96. The standard InChI is InChI=1S/C15H20BrN3O/c1-11(2)19-9-7-13(18-19)10-20-15-12(6-8-17)4-3-5-14(15)16/h3-5,7,9,11H,6,8,10,17H2,1-2H3. The molecule has 0 saturated heterocycles. The third-order valence-corrected chi connectivity index (χ3v) is 3.64. The maximum absolute atomic E-state index is 5.92. The van der Waals surface area contributed by atoms with Gasteiger partial charge in [0, 0.05) is 12.2 Å². The highest BCUT2D eigenvalue weighted by atomic mass is 79.9. The first-order chi connectivity index (χ1) is 9.61. The average Bonchev–Trinajstić information content (AvgIpc) is 2.87. The van der Waals surface area contributed by atoms with Crippen molar-refractivity contribution < 1.29 is 4.74 Å². The predicted octanol–water partition coefficient (Wildman–Crippen LogP) is 3.31. The minimum Gasteiger partial charge on any atom is -0.486 e. The Balaban J connectivity index is 2.09. The van der Waals surface area contributed by atoms with Crippen molar-refractivity contribution in [3.63, 3.8) is 0 Å². The Morgan fingerprint density at radius 1 is 1.35 bits per heavy atom. The molecule has 0 fully saturated rings. The second kappa shape index (κ2) is 6.90. The Kier molecular flexibility index (Phi) is 5.20. The molecule has 1 aromatic carbocycles. The maximum Gasteiger partial charge on any atom is 0.137 e. The number of para-hydroxylation sites is 1. The number of ether oxygens (including phenoxy) is 1. The zero-order valence-electron chi connectivity index (χ0n) is 11.8. The number of benzene rings is 1. The Bertz CT molecular complexity index is 566. The molecule has 1 aromatic heterocycles. The van der Waals surface area contributed by atoms with Gasteiger partial charge in [-0.1, -0.05) is 12.1 Å². The Labute approximate surface area is 128 Å². The van der Waals surface area contributed by atoms with Gasteiger partial charge in [0.05, 0.1) is 10.2 Å². The molecule has 2 rings (SSSR count). The molecule has 4 nitrogen and oxygen atoms in total. The first kappa shape index (κ1) is 15.1. The molecule has 2 aromatic rings. The first-order valence-electron chi connectivity index (χ1n) is 6.76. The summed E-state index contributed by atoms with van der Waals surface area (Å²) >= 11 is 3.53. The summed E-state index contributed by atoms with van der Waals surface area (Å²) in [7, 11) is 0. The van der Waals surface area contributed by atoms with Crippen LogP contribution < -0.4 is 10.5 Å². The third-order valence-electron chi connectivity index (χ3n) is 3.02. The van der Waals surface area contributed by atoms with Gasteiger partial charge in [0.2, 0.25) is 0 Å². The monoisotopic (exact) mass is 337 g/mol. The van der Waals surface area contributed by atoms with Gasteiger partial charge < -0.3 is 10.5 Å². The van der Waals surface area contributed by atoms with Crippen molar-refractivity contribution in [2.24, 2.45) is 5.73 Å².